The molecule has 1 aliphatic rings. The van der Waals surface area contributed by atoms with E-state index in [4.69, 9.17) is 0 Å². The normalized spacial score (nSPS) is 23.2. The smallest absolute Gasteiger partial charge is 0.120 e. The second-order valence-corrected chi connectivity index (χ2v) is 5.80. The van der Waals surface area contributed by atoms with Crippen LogP contribution in [0.25, 0.3) is 0 Å². The maximum absolute atomic E-state index is 10.4. The van der Waals surface area contributed by atoms with Gasteiger partial charge in [0, 0.05) is 24.2 Å². The van der Waals surface area contributed by atoms with Gasteiger partial charge in [0.2, 0.25) is 0 Å². The summed E-state index contributed by atoms with van der Waals surface area (Å²) in [5.41, 5.74) is 2.43. The lowest BCUT2D eigenvalue weighted by Gasteiger charge is -2.28. The Morgan fingerprint density at radius 1 is 1.26 bits per heavy atom. The molecule has 0 bridgehead atoms. The maximum Gasteiger partial charge on any atom is 0.120 e. The van der Waals surface area contributed by atoms with Crippen molar-refractivity contribution >= 4 is 6.29 Å². The highest BCUT2D eigenvalue weighted by Gasteiger charge is 2.22. The zero-order valence-corrected chi connectivity index (χ0v) is 12.0. The quantitative estimate of drug-likeness (QED) is 0.713. The molecule has 1 aromatic rings. The van der Waals surface area contributed by atoms with Crippen LogP contribution in [0.1, 0.15) is 69.0 Å². The molecule has 0 atom stereocenters. The number of rotatable bonds is 6. The van der Waals surface area contributed by atoms with Crippen LogP contribution in [0.4, 0.5) is 0 Å². The van der Waals surface area contributed by atoms with Crippen molar-refractivity contribution in [2.24, 2.45) is 5.92 Å². The molecule has 1 heterocycles. The van der Waals surface area contributed by atoms with E-state index >= 15 is 0 Å². The molecule has 0 N–H and O–H groups in total. The lowest BCUT2D eigenvalue weighted by molar-refractivity contribution is -0.107. The Morgan fingerprint density at radius 2 is 2.05 bits per heavy atom. The van der Waals surface area contributed by atoms with Crippen molar-refractivity contribution < 1.29 is 4.79 Å². The second kappa shape index (κ2) is 7.42. The van der Waals surface area contributed by atoms with Crippen LogP contribution < -0.4 is 0 Å². The highest BCUT2D eigenvalue weighted by atomic mass is 16.1. The van der Waals surface area contributed by atoms with E-state index in [0.717, 1.165) is 18.6 Å². The summed E-state index contributed by atoms with van der Waals surface area (Å²) in [5.74, 6) is 1.61. The molecule has 0 aromatic carbocycles. The summed E-state index contributed by atoms with van der Waals surface area (Å²) in [7, 11) is 0. The fraction of sp³-hybridized carbons (Fsp3) is 0.647. The van der Waals surface area contributed by atoms with Crippen LogP contribution in [0.3, 0.4) is 0 Å². The SMILES string of the molecule is CCCC1CCC(c2ccc(CCC=O)cn2)CC1. The third kappa shape index (κ3) is 4.15. The van der Waals surface area contributed by atoms with Gasteiger partial charge in [-0.1, -0.05) is 25.8 Å². The van der Waals surface area contributed by atoms with E-state index in [0.29, 0.717) is 12.3 Å². The molecule has 0 saturated heterocycles. The molecule has 0 unspecified atom stereocenters. The van der Waals surface area contributed by atoms with Crippen molar-refractivity contribution in [2.45, 2.75) is 64.2 Å². The van der Waals surface area contributed by atoms with Gasteiger partial charge in [0.15, 0.2) is 0 Å². The number of carbonyl (C=O) groups is 1. The molecule has 0 aliphatic heterocycles. The lowest BCUT2D eigenvalue weighted by Crippen LogP contribution is -2.14. The minimum absolute atomic E-state index is 0.600. The summed E-state index contributed by atoms with van der Waals surface area (Å²) in [6, 6.07) is 4.31. The molecular weight excluding hydrogens is 234 g/mol. The Morgan fingerprint density at radius 3 is 2.63 bits per heavy atom. The van der Waals surface area contributed by atoms with Gasteiger partial charge in [-0.2, -0.15) is 0 Å². The van der Waals surface area contributed by atoms with Gasteiger partial charge in [-0.15, -0.1) is 0 Å². The zero-order valence-electron chi connectivity index (χ0n) is 12.0. The van der Waals surface area contributed by atoms with Gasteiger partial charge < -0.3 is 4.79 Å². The molecule has 0 amide bonds. The monoisotopic (exact) mass is 259 g/mol. The number of aryl methyl sites for hydroxylation is 1. The molecule has 2 heteroatoms. The van der Waals surface area contributed by atoms with Crippen molar-refractivity contribution in [3.63, 3.8) is 0 Å². The van der Waals surface area contributed by atoms with Crippen molar-refractivity contribution in [3.05, 3.63) is 29.6 Å². The van der Waals surface area contributed by atoms with Crippen LogP contribution in [0.5, 0.6) is 0 Å². The van der Waals surface area contributed by atoms with Gasteiger partial charge in [0.1, 0.15) is 6.29 Å². The number of hydrogen-bond donors (Lipinski definition) is 0. The Balaban J connectivity index is 1.87. The van der Waals surface area contributed by atoms with E-state index in [9.17, 15) is 4.79 Å². The molecular formula is C17H25NO. The van der Waals surface area contributed by atoms with Gasteiger partial charge in [0.05, 0.1) is 0 Å². The van der Waals surface area contributed by atoms with Crippen LogP contribution in [-0.4, -0.2) is 11.3 Å². The minimum atomic E-state index is 0.600. The van der Waals surface area contributed by atoms with Crippen molar-refractivity contribution in [1.82, 2.24) is 4.98 Å². The standard InChI is InChI=1S/C17H25NO/c1-2-4-14-6-9-16(10-7-14)17-11-8-15(13-18-17)5-3-12-19/h8,11-14,16H,2-7,9-10H2,1H3. The third-order valence-electron chi connectivity index (χ3n) is 4.36. The first-order valence-corrected chi connectivity index (χ1v) is 7.72. The van der Waals surface area contributed by atoms with Crippen molar-refractivity contribution in [3.8, 4) is 0 Å². The van der Waals surface area contributed by atoms with E-state index in [1.54, 1.807) is 0 Å². The van der Waals surface area contributed by atoms with Crippen molar-refractivity contribution in [2.75, 3.05) is 0 Å². The predicted octanol–water partition coefficient (Wildman–Crippen LogP) is 4.29. The summed E-state index contributed by atoms with van der Waals surface area (Å²) in [6.45, 7) is 2.28. The van der Waals surface area contributed by atoms with Gasteiger partial charge in [-0.25, -0.2) is 0 Å². The molecule has 0 spiro atoms. The average Bonchev–Trinajstić information content (AvgIpc) is 2.47. The minimum Gasteiger partial charge on any atom is -0.303 e. The fourth-order valence-electron chi connectivity index (χ4n) is 3.21. The topological polar surface area (TPSA) is 30.0 Å². The summed E-state index contributed by atoms with van der Waals surface area (Å²) >= 11 is 0. The first-order valence-electron chi connectivity index (χ1n) is 7.72. The lowest BCUT2D eigenvalue weighted by atomic mass is 9.78. The van der Waals surface area contributed by atoms with Crippen LogP contribution in [0.2, 0.25) is 0 Å². The first kappa shape index (κ1) is 14.2. The molecule has 1 aromatic heterocycles. The largest absolute Gasteiger partial charge is 0.303 e. The van der Waals surface area contributed by atoms with E-state index in [1.165, 1.54) is 49.8 Å². The molecule has 1 saturated carbocycles. The average molecular weight is 259 g/mol. The van der Waals surface area contributed by atoms with E-state index < -0.39 is 0 Å². The first-order chi connectivity index (χ1) is 9.33. The van der Waals surface area contributed by atoms with Gasteiger partial charge in [-0.05, 0) is 49.7 Å². The van der Waals surface area contributed by atoms with Crippen LogP contribution in [0, 0.1) is 5.92 Å². The number of aromatic nitrogens is 1. The molecule has 2 nitrogen and oxygen atoms in total. The number of nitrogens with zero attached hydrogens (tertiary/aromatic N) is 1. The van der Waals surface area contributed by atoms with E-state index in [2.05, 4.69) is 24.0 Å². The van der Waals surface area contributed by atoms with Crippen LogP contribution >= 0.6 is 0 Å². The number of pyridine rings is 1. The van der Waals surface area contributed by atoms with Gasteiger partial charge in [0.25, 0.3) is 0 Å². The van der Waals surface area contributed by atoms with Gasteiger partial charge >= 0.3 is 0 Å². The Hall–Kier alpha value is -1.18. The second-order valence-electron chi connectivity index (χ2n) is 5.80. The zero-order chi connectivity index (χ0) is 13.5. The molecule has 104 valence electrons. The third-order valence-corrected chi connectivity index (χ3v) is 4.36. The molecule has 1 aliphatic carbocycles. The van der Waals surface area contributed by atoms with E-state index in [-0.39, 0.29) is 0 Å². The Bertz CT molecular complexity index is 377. The summed E-state index contributed by atoms with van der Waals surface area (Å²) in [4.78, 5) is 15.0. The molecule has 19 heavy (non-hydrogen) atoms. The van der Waals surface area contributed by atoms with Crippen molar-refractivity contribution in [1.29, 1.82) is 0 Å². The highest BCUT2D eigenvalue weighted by molar-refractivity contribution is 5.49. The molecule has 1 fully saturated rings. The summed E-state index contributed by atoms with van der Waals surface area (Å²) in [5, 5.41) is 0. The number of aldehydes is 1. The fourth-order valence-corrected chi connectivity index (χ4v) is 3.21. The number of carbonyl (C=O) groups excluding carboxylic acids is 1. The summed E-state index contributed by atoms with van der Waals surface area (Å²) in [6.07, 6.45) is 12.4. The molecule has 2 rings (SSSR count). The Kier molecular flexibility index (Phi) is 5.56. The number of hydrogen-bond acceptors (Lipinski definition) is 2. The predicted molar refractivity (Wildman–Crippen MR) is 78.2 cm³/mol. The highest BCUT2D eigenvalue weighted by Crippen LogP contribution is 2.36. The Labute approximate surface area is 116 Å². The summed E-state index contributed by atoms with van der Waals surface area (Å²) < 4.78 is 0. The maximum atomic E-state index is 10.4. The van der Waals surface area contributed by atoms with E-state index in [1.807, 2.05) is 6.20 Å². The molecule has 0 radical (unpaired) electrons. The van der Waals surface area contributed by atoms with Crippen LogP contribution in [0.15, 0.2) is 18.3 Å². The van der Waals surface area contributed by atoms with Crippen LogP contribution in [-0.2, 0) is 11.2 Å². The van der Waals surface area contributed by atoms with Gasteiger partial charge in [-0.3, -0.25) is 4.98 Å².